The molecule has 18 heavy (non-hydrogen) atoms. The minimum Gasteiger partial charge on any atom is -0.326 e. The molecule has 0 bridgehead atoms. The molecule has 0 heterocycles. The van der Waals surface area contributed by atoms with Crippen molar-refractivity contribution in [2.24, 2.45) is 5.41 Å². The lowest BCUT2D eigenvalue weighted by molar-refractivity contribution is -0.123. The Morgan fingerprint density at radius 3 is 2.17 bits per heavy atom. The number of rotatable bonds is 2. The minimum absolute atomic E-state index is 0.0332. The Morgan fingerprint density at radius 2 is 1.72 bits per heavy atom. The smallest absolute Gasteiger partial charge is 0.229 e. The maximum absolute atomic E-state index is 11.8. The van der Waals surface area contributed by atoms with Gasteiger partial charge in [-0.2, -0.15) is 0 Å². The zero-order valence-corrected chi connectivity index (χ0v) is 11.5. The van der Waals surface area contributed by atoms with Crippen LogP contribution in [0.2, 0.25) is 0 Å². The fraction of sp³-hybridized carbons (Fsp3) is 0.429. The first kappa shape index (κ1) is 14.2. The summed E-state index contributed by atoms with van der Waals surface area (Å²) in [5.74, 6) is -0.140. The van der Waals surface area contributed by atoms with Crippen LogP contribution in [0, 0.1) is 12.3 Å². The predicted octanol–water partition coefficient (Wildman–Crippen LogP) is 2.94. The van der Waals surface area contributed by atoms with Crippen molar-refractivity contribution in [3.63, 3.8) is 0 Å². The van der Waals surface area contributed by atoms with Crippen molar-refractivity contribution >= 4 is 23.2 Å². The van der Waals surface area contributed by atoms with E-state index in [1.165, 1.54) is 6.92 Å². The maximum Gasteiger partial charge on any atom is 0.229 e. The maximum atomic E-state index is 11.8. The highest BCUT2D eigenvalue weighted by molar-refractivity contribution is 5.95. The monoisotopic (exact) mass is 248 g/mol. The Morgan fingerprint density at radius 1 is 1.11 bits per heavy atom. The first-order chi connectivity index (χ1) is 8.20. The summed E-state index contributed by atoms with van der Waals surface area (Å²) in [7, 11) is 0. The van der Waals surface area contributed by atoms with Gasteiger partial charge in [-0.25, -0.2) is 0 Å². The number of carbonyl (C=O) groups excluding carboxylic acids is 2. The summed E-state index contributed by atoms with van der Waals surface area (Å²) in [6, 6.07) is 5.41. The van der Waals surface area contributed by atoms with E-state index in [9.17, 15) is 9.59 Å². The first-order valence-electron chi connectivity index (χ1n) is 5.90. The fourth-order valence-electron chi connectivity index (χ4n) is 1.39. The van der Waals surface area contributed by atoms with Gasteiger partial charge in [0.15, 0.2) is 0 Å². The van der Waals surface area contributed by atoms with Crippen molar-refractivity contribution in [1.29, 1.82) is 0 Å². The number of carbonyl (C=O) groups is 2. The van der Waals surface area contributed by atoms with E-state index >= 15 is 0 Å². The van der Waals surface area contributed by atoms with E-state index in [0.29, 0.717) is 0 Å². The van der Waals surface area contributed by atoms with Crippen LogP contribution < -0.4 is 10.6 Å². The fourth-order valence-corrected chi connectivity index (χ4v) is 1.39. The number of benzene rings is 1. The zero-order chi connectivity index (χ0) is 13.9. The Kier molecular flexibility index (Phi) is 4.11. The molecule has 0 saturated heterocycles. The molecule has 4 heteroatoms. The van der Waals surface area contributed by atoms with Gasteiger partial charge in [-0.15, -0.1) is 0 Å². The third kappa shape index (κ3) is 3.87. The van der Waals surface area contributed by atoms with Gasteiger partial charge in [0, 0.05) is 23.7 Å². The summed E-state index contributed by atoms with van der Waals surface area (Å²) in [4.78, 5) is 22.8. The Balaban J connectivity index is 2.85. The van der Waals surface area contributed by atoms with Crippen LogP contribution in [-0.2, 0) is 9.59 Å². The van der Waals surface area contributed by atoms with Gasteiger partial charge in [-0.3, -0.25) is 9.59 Å². The Hall–Kier alpha value is -1.84. The minimum atomic E-state index is -0.426. The first-order valence-corrected chi connectivity index (χ1v) is 5.90. The van der Waals surface area contributed by atoms with Gasteiger partial charge in [0.1, 0.15) is 0 Å². The number of aryl methyl sites for hydroxylation is 1. The standard InChI is InChI=1S/C14H20N2O2/c1-9-8-11(16-13(18)14(3,4)5)6-7-12(9)15-10(2)17/h6-8H,1-5H3,(H,15,17)(H,16,18). The molecule has 0 spiro atoms. The van der Waals surface area contributed by atoms with Gasteiger partial charge < -0.3 is 10.6 Å². The lowest BCUT2D eigenvalue weighted by Gasteiger charge is -2.18. The van der Waals surface area contributed by atoms with E-state index < -0.39 is 5.41 Å². The van der Waals surface area contributed by atoms with Crippen molar-refractivity contribution < 1.29 is 9.59 Å². The van der Waals surface area contributed by atoms with E-state index in [0.717, 1.165) is 16.9 Å². The number of hydrogen-bond donors (Lipinski definition) is 2. The summed E-state index contributed by atoms with van der Waals surface area (Å²) < 4.78 is 0. The normalized spacial score (nSPS) is 10.9. The lowest BCUT2D eigenvalue weighted by atomic mass is 9.95. The molecule has 2 amide bonds. The highest BCUT2D eigenvalue weighted by atomic mass is 16.2. The summed E-state index contributed by atoms with van der Waals surface area (Å²) in [6.45, 7) is 8.94. The molecular formula is C14H20N2O2. The van der Waals surface area contributed by atoms with Gasteiger partial charge >= 0.3 is 0 Å². The summed E-state index contributed by atoms with van der Waals surface area (Å²) in [6.07, 6.45) is 0. The molecule has 98 valence electrons. The van der Waals surface area contributed by atoms with E-state index in [-0.39, 0.29) is 11.8 Å². The second-order valence-corrected chi connectivity index (χ2v) is 5.42. The van der Waals surface area contributed by atoms with Gasteiger partial charge in [0.25, 0.3) is 0 Å². The zero-order valence-electron chi connectivity index (χ0n) is 11.5. The SMILES string of the molecule is CC(=O)Nc1ccc(NC(=O)C(C)(C)C)cc1C. The van der Waals surface area contributed by atoms with E-state index in [1.807, 2.05) is 33.8 Å². The Labute approximate surface area is 108 Å². The molecule has 0 aliphatic rings. The molecule has 0 radical (unpaired) electrons. The van der Waals surface area contributed by atoms with Gasteiger partial charge in [0.05, 0.1) is 0 Å². The van der Waals surface area contributed by atoms with Crippen LogP contribution in [0.4, 0.5) is 11.4 Å². The number of nitrogens with one attached hydrogen (secondary N) is 2. The molecule has 0 fully saturated rings. The van der Waals surface area contributed by atoms with Crippen LogP contribution in [0.15, 0.2) is 18.2 Å². The number of amides is 2. The molecule has 0 aromatic heterocycles. The van der Waals surface area contributed by atoms with Crippen molar-refractivity contribution in [2.75, 3.05) is 10.6 Å². The largest absolute Gasteiger partial charge is 0.326 e. The topological polar surface area (TPSA) is 58.2 Å². The van der Waals surface area contributed by atoms with E-state index in [1.54, 1.807) is 12.1 Å². The predicted molar refractivity (Wildman–Crippen MR) is 73.6 cm³/mol. The highest BCUT2D eigenvalue weighted by Gasteiger charge is 2.21. The van der Waals surface area contributed by atoms with Crippen LogP contribution in [0.5, 0.6) is 0 Å². The second-order valence-electron chi connectivity index (χ2n) is 5.42. The average molecular weight is 248 g/mol. The molecule has 0 saturated carbocycles. The van der Waals surface area contributed by atoms with Gasteiger partial charge in [-0.05, 0) is 30.7 Å². The molecule has 0 aliphatic heterocycles. The molecule has 1 aromatic carbocycles. The van der Waals surface area contributed by atoms with Crippen molar-refractivity contribution in [3.8, 4) is 0 Å². The van der Waals surface area contributed by atoms with Crippen molar-refractivity contribution in [3.05, 3.63) is 23.8 Å². The molecule has 0 aliphatic carbocycles. The molecule has 1 aromatic rings. The molecule has 1 rings (SSSR count). The van der Waals surface area contributed by atoms with Crippen LogP contribution in [0.3, 0.4) is 0 Å². The molecule has 0 unspecified atom stereocenters. The average Bonchev–Trinajstić information content (AvgIpc) is 2.20. The number of anilines is 2. The van der Waals surface area contributed by atoms with Gasteiger partial charge in [-0.1, -0.05) is 20.8 Å². The molecule has 2 N–H and O–H groups in total. The highest BCUT2D eigenvalue weighted by Crippen LogP contribution is 2.22. The van der Waals surface area contributed by atoms with Crippen LogP contribution in [0.1, 0.15) is 33.3 Å². The van der Waals surface area contributed by atoms with Crippen LogP contribution in [-0.4, -0.2) is 11.8 Å². The second kappa shape index (κ2) is 5.21. The third-order valence-electron chi connectivity index (χ3n) is 2.48. The summed E-state index contributed by atoms with van der Waals surface area (Å²) in [5, 5.41) is 5.58. The van der Waals surface area contributed by atoms with Crippen molar-refractivity contribution in [1.82, 2.24) is 0 Å². The van der Waals surface area contributed by atoms with Crippen molar-refractivity contribution in [2.45, 2.75) is 34.6 Å². The summed E-state index contributed by atoms with van der Waals surface area (Å²) in [5.41, 5.74) is 1.99. The van der Waals surface area contributed by atoms with Crippen LogP contribution in [0.25, 0.3) is 0 Å². The molecular weight excluding hydrogens is 228 g/mol. The van der Waals surface area contributed by atoms with E-state index in [4.69, 9.17) is 0 Å². The third-order valence-corrected chi connectivity index (χ3v) is 2.48. The lowest BCUT2D eigenvalue weighted by Crippen LogP contribution is -2.27. The van der Waals surface area contributed by atoms with Crippen LogP contribution >= 0.6 is 0 Å². The van der Waals surface area contributed by atoms with E-state index in [2.05, 4.69) is 10.6 Å². The Bertz CT molecular complexity index is 473. The molecule has 0 atom stereocenters. The summed E-state index contributed by atoms with van der Waals surface area (Å²) >= 11 is 0. The molecule has 4 nitrogen and oxygen atoms in total. The van der Waals surface area contributed by atoms with Gasteiger partial charge in [0.2, 0.25) is 11.8 Å². The quantitative estimate of drug-likeness (QED) is 0.845. The number of hydrogen-bond acceptors (Lipinski definition) is 2.